The molecule has 0 aromatic heterocycles. The third kappa shape index (κ3) is 3.42. The number of hydrogen-bond acceptors (Lipinski definition) is 3. The van der Waals surface area contributed by atoms with Crippen LogP contribution in [0.1, 0.15) is 11.7 Å². The number of aliphatic hydroxyl groups is 1. The zero-order valence-corrected chi connectivity index (χ0v) is 11.3. The normalized spacial score (nSPS) is 12.3. The van der Waals surface area contributed by atoms with E-state index in [4.69, 9.17) is 17.3 Å². The van der Waals surface area contributed by atoms with Crippen molar-refractivity contribution in [3.05, 3.63) is 59.1 Å². The van der Waals surface area contributed by atoms with Crippen molar-refractivity contribution in [2.45, 2.75) is 11.0 Å². The average molecular weight is 280 g/mol. The number of thioether (sulfide) groups is 1. The molecule has 0 bridgehead atoms. The van der Waals surface area contributed by atoms with Crippen LogP contribution in [0.4, 0.5) is 5.69 Å². The number of benzene rings is 2. The molecule has 2 rings (SSSR count). The molecule has 0 heterocycles. The van der Waals surface area contributed by atoms with Crippen molar-refractivity contribution >= 4 is 29.1 Å². The van der Waals surface area contributed by atoms with Crippen molar-refractivity contribution < 1.29 is 5.11 Å². The zero-order chi connectivity index (χ0) is 13.0. The number of rotatable bonds is 4. The van der Waals surface area contributed by atoms with Crippen LogP contribution in [0.2, 0.25) is 5.02 Å². The summed E-state index contributed by atoms with van der Waals surface area (Å²) in [6.45, 7) is 0. The van der Waals surface area contributed by atoms with Gasteiger partial charge in [0.2, 0.25) is 0 Å². The summed E-state index contributed by atoms with van der Waals surface area (Å²) in [6, 6.07) is 15.0. The van der Waals surface area contributed by atoms with Crippen LogP contribution in [0.5, 0.6) is 0 Å². The lowest BCUT2D eigenvalue weighted by Crippen LogP contribution is -2.00. The Morgan fingerprint density at radius 3 is 2.56 bits per heavy atom. The van der Waals surface area contributed by atoms with Gasteiger partial charge in [0.25, 0.3) is 0 Å². The van der Waals surface area contributed by atoms with Crippen LogP contribution in [0.3, 0.4) is 0 Å². The van der Waals surface area contributed by atoms with Gasteiger partial charge in [-0.25, -0.2) is 0 Å². The van der Waals surface area contributed by atoms with Gasteiger partial charge >= 0.3 is 0 Å². The Bertz CT molecular complexity index is 518. The van der Waals surface area contributed by atoms with Crippen molar-refractivity contribution in [3.63, 3.8) is 0 Å². The summed E-state index contributed by atoms with van der Waals surface area (Å²) < 4.78 is 0. The average Bonchev–Trinajstić information content (AvgIpc) is 2.38. The van der Waals surface area contributed by atoms with Gasteiger partial charge in [-0.15, -0.1) is 11.8 Å². The highest BCUT2D eigenvalue weighted by Crippen LogP contribution is 2.31. The van der Waals surface area contributed by atoms with Crippen LogP contribution < -0.4 is 5.73 Å². The van der Waals surface area contributed by atoms with Crippen LogP contribution in [-0.2, 0) is 0 Å². The topological polar surface area (TPSA) is 46.2 Å². The van der Waals surface area contributed by atoms with Crippen LogP contribution in [-0.4, -0.2) is 10.9 Å². The summed E-state index contributed by atoms with van der Waals surface area (Å²) in [6.07, 6.45) is -0.496. The minimum atomic E-state index is -0.496. The number of nitrogen functional groups attached to an aromatic ring is 1. The van der Waals surface area contributed by atoms with Crippen molar-refractivity contribution in [1.29, 1.82) is 0 Å². The molecule has 1 atom stereocenters. The molecule has 0 saturated carbocycles. The first-order valence-electron chi connectivity index (χ1n) is 5.57. The maximum Gasteiger partial charge on any atom is 0.0883 e. The van der Waals surface area contributed by atoms with Gasteiger partial charge in [0, 0.05) is 16.3 Å². The van der Waals surface area contributed by atoms with E-state index in [1.54, 1.807) is 6.07 Å². The fourth-order valence-corrected chi connectivity index (χ4v) is 2.82. The summed E-state index contributed by atoms with van der Waals surface area (Å²) >= 11 is 7.60. The lowest BCUT2D eigenvalue weighted by Gasteiger charge is -2.11. The molecule has 18 heavy (non-hydrogen) atoms. The Morgan fingerprint density at radius 1 is 1.17 bits per heavy atom. The summed E-state index contributed by atoms with van der Waals surface area (Å²) in [5.41, 5.74) is 7.19. The molecular weight excluding hydrogens is 266 g/mol. The lowest BCUT2D eigenvalue weighted by molar-refractivity contribution is 0.204. The molecule has 0 amide bonds. The van der Waals surface area contributed by atoms with Gasteiger partial charge in [-0.05, 0) is 23.8 Å². The van der Waals surface area contributed by atoms with E-state index in [-0.39, 0.29) is 0 Å². The standard InChI is InChI=1S/C14H14ClNOS/c15-12-8-11(16)6-7-14(12)18-9-13(17)10-4-2-1-3-5-10/h1-8,13,17H,9,16H2. The summed E-state index contributed by atoms with van der Waals surface area (Å²) in [5.74, 6) is 0.563. The van der Waals surface area contributed by atoms with Gasteiger partial charge in [0.05, 0.1) is 11.1 Å². The second-order valence-electron chi connectivity index (χ2n) is 3.93. The first-order chi connectivity index (χ1) is 8.66. The fourth-order valence-electron chi connectivity index (χ4n) is 1.57. The predicted octanol–water partition coefficient (Wildman–Crippen LogP) is 3.75. The summed E-state index contributed by atoms with van der Waals surface area (Å²) in [5, 5.41) is 10.7. The van der Waals surface area contributed by atoms with E-state index in [1.165, 1.54) is 11.8 Å². The SMILES string of the molecule is Nc1ccc(SCC(O)c2ccccc2)c(Cl)c1. The number of nitrogens with two attached hydrogens (primary N) is 1. The Morgan fingerprint density at radius 2 is 1.89 bits per heavy atom. The maximum absolute atomic E-state index is 10.0. The fraction of sp³-hybridized carbons (Fsp3) is 0.143. The Balaban J connectivity index is 1.99. The summed E-state index contributed by atoms with van der Waals surface area (Å²) in [4.78, 5) is 0.931. The van der Waals surface area contributed by atoms with Gasteiger partial charge in [0.15, 0.2) is 0 Å². The van der Waals surface area contributed by atoms with E-state index >= 15 is 0 Å². The molecule has 0 aliphatic carbocycles. The summed E-state index contributed by atoms with van der Waals surface area (Å²) in [7, 11) is 0. The smallest absolute Gasteiger partial charge is 0.0883 e. The molecule has 4 heteroatoms. The Hall–Kier alpha value is -1.16. The third-order valence-corrected chi connectivity index (χ3v) is 4.11. The molecule has 0 aliphatic heterocycles. The Kier molecular flexibility index (Phi) is 4.53. The second-order valence-corrected chi connectivity index (χ2v) is 5.40. The monoisotopic (exact) mass is 279 g/mol. The van der Waals surface area contributed by atoms with E-state index in [0.29, 0.717) is 16.5 Å². The van der Waals surface area contributed by atoms with E-state index < -0.39 is 6.10 Å². The molecule has 3 N–H and O–H groups in total. The van der Waals surface area contributed by atoms with Crippen molar-refractivity contribution in [3.8, 4) is 0 Å². The molecule has 0 fully saturated rings. The van der Waals surface area contributed by atoms with Crippen LogP contribution >= 0.6 is 23.4 Å². The number of hydrogen-bond donors (Lipinski definition) is 2. The minimum absolute atomic E-state index is 0.496. The van der Waals surface area contributed by atoms with Gasteiger partial charge < -0.3 is 10.8 Å². The largest absolute Gasteiger partial charge is 0.399 e. The second kappa shape index (κ2) is 6.14. The quantitative estimate of drug-likeness (QED) is 0.662. The van der Waals surface area contributed by atoms with Crippen molar-refractivity contribution in [2.75, 3.05) is 11.5 Å². The molecular formula is C14H14ClNOS. The molecule has 2 nitrogen and oxygen atoms in total. The number of anilines is 1. The number of aliphatic hydroxyl groups excluding tert-OH is 1. The van der Waals surface area contributed by atoms with E-state index in [0.717, 1.165) is 10.5 Å². The first-order valence-corrected chi connectivity index (χ1v) is 6.94. The molecule has 0 saturated heterocycles. The van der Waals surface area contributed by atoms with Crippen LogP contribution in [0.15, 0.2) is 53.4 Å². The lowest BCUT2D eigenvalue weighted by atomic mass is 10.1. The van der Waals surface area contributed by atoms with Crippen LogP contribution in [0.25, 0.3) is 0 Å². The molecule has 1 unspecified atom stereocenters. The first kappa shape index (κ1) is 13.3. The molecule has 2 aromatic rings. The van der Waals surface area contributed by atoms with E-state index in [1.807, 2.05) is 42.5 Å². The predicted molar refractivity (Wildman–Crippen MR) is 78.0 cm³/mol. The zero-order valence-electron chi connectivity index (χ0n) is 9.71. The van der Waals surface area contributed by atoms with Crippen LogP contribution in [0, 0.1) is 0 Å². The highest BCUT2D eigenvalue weighted by atomic mass is 35.5. The van der Waals surface area contributed by atoms with Gasteiger partial charge in [-0.3, -0.25) is 0 Å². The molecule has 2 aromatic carbocycles. The number of halogens is 1. The Labute approximate surface area is 116 Å². The van der Waals surface area contributed by atoms with E-state index in [9.17, 15) is 5.11 Å². The third-order valence-electron chi connectivity index (χ3n) is 2.54. The molecule has 0 radical (unpaired) electrons. The van der Waals surface area contributed by atoms with Gasteiger partial charge in [0.1, 0.15) is 0 Å². The van der Waals surface area contributed by atoms with Gasteiger partial charge in [-0.2, -0.15) is 0 Å². The molecule has 0 spiro atoms. The minimum Gasteiger partial charge on any atom is -0.399 e. The molecule has 0 aliphatic rings. The highest BCUT2D eigenvalue weighted by Gasteiger charge is 2.09. The van der Waals surface area contributed by atoms with Gasteiger partial charge in [-0.1, -0.05) is 41.9 Å². The van der Waals surface area contributed by atoms with Crippen molar-refractivity contribution in [1.82, 2.24) is 0 Å². The van der Waals surface area contributed by atoms with E-state index in [2.05, 4.69) is 0 Å². The maximum atomic E-state index is 10.0. The highest BCUT2D eigenvalue weighted by molar-refractivity contribution is 7.99. The molecule has 94 valence electrons. The van der Waals surface area contributed by atoms with Crippen molar-refractivity contribution in [2.24, 2.45) is 0 Å².